The van der Waals surface area contributed by atoms with E-state index in [4.69, 9.17) is 5.11 Å². The quantitative estimate of drug-likeness (QED) is 0.866. The molecule has 1 saturated carbocycles. The molecule has 0 saturated heterocycles. The van der Waals surface area contributed by atoms with Crippen LogP contribution in [-0.2, 0) is 16.0 Å². The maximum atomic E-state index is 12.6. The Morgan fingerprint density at radius 1 is 1.27 bits per heavy atom. The van der Waals surface area contributed by atoms with Crippen LogP contribution >= 0.6 is 0 Å². The molecule has 1 aliphatic heterocycles. The number of nitrogens with zero attached hydrogens (tertiary/aromatic N) is 1. The lowest BCUT2D eigenvalue weighted by molar-refractivity contribution is -0.137. The first-order chi connectivity index (χ1) is 10.5. The Morgan fingerprint density at radius 3 is 2.73 bits per heavy atom. The number of aliphatic carboxylic acids is 1. The van der Waals surface area contributed by atoms with Crippen molar-refractivity contribution in [3.8, 4) is 0 Å². The molecule has 0 bridgehead atoms. The predicted molar refractivity (Wildman–Crippen MR) is 79.7 cm³/mol. The third-order valence-corrected chi connectivity index (χ3v) is 4.06. The molecule has 0 spiro atoms. The number of hydrogen-bond acceptors (Lipinski definition) is 3. The maximum absolute atomic E-state index is 12.6. The van der Waals surface area contributed by atoms with Gasteiger partial charge in [-0.3, -0.25) is 14.4 Å². The molecule has 2 aliphatic rings. The van der Waals surface area contributed by atoms with Crippen molar-refractivity contribution in [2.75, 3.05) is 11.9 Å². The lowest BCUT2D eigenvalue weighted by atomic mass is 10.00. The SMILES string of the molecule is O=C(O)CCN(C(=O)c1ccc2c(c1)CCC(=O)N2)C1CC1. The second-order valence-corrected chi connectivity index (χ2v) is 5.79. The van der Waals surface area contributed by atoms with Gasteiger partial charge in [-0.1, -0.05) is 0 Å². The Kier molecular flexibility index (Phi) is 3.83. The molecule has 116 valence electrons. The maximum Gasteiger partial charge on any atom is 0.305 e. The van der Waals surface area contributed by atoms with Crippen molar-refractivity contribution in [1.29, 1.82) is 0 Å². The van der Waals surface area contributed by atoms with E-state index in [0.717, 1.165) is 24.1 Å². The zero-order valence-corrected chi connectivity index (χ0v) is 12.2. The number of carboxylic acid groups (broad SMARTS) is 1. The first-order valence-electron chi connectivity index (χ1n) is 7.50. The minimum absolute atomic E-state index is 0.00681. The molecule has 1 aromatic carbocycles. The van der Waals surface area contributed by atoms with Crippen LogP contribution in [0.2, 0.25) is 0 Å². The molecule has 0 unspecified atom stereocenters. The van der Waals surface area contributed by atoms with Gasteiger partial charge in [-0.05, 0) is 43.0 Å². The van der Waals surface area contributed by atoms with Gasteiger partial charge < -0.3 is 15.3 Å². The van der Waals surface area contributed by atoms with Gasteiger partial charge >= 0.3 is 5.97 Å². The van der Waals surface area contributed by atoms with E-state index in [-0.39, 0.29) is 30.8 Å². The highest BCUT2D eigenvalue weighted by atomic mass is 16.4. The molecule has 6 nitrogen and oxygen atoms in total. The topological polar surface area (TPSA) is 86.7 Å². The molecular formula is C16H18N2O4. The Bertz CT molecular complexity index is 637. The van der Waals surface area contributed by atoms with Gasteiger partial charge in [0.1, 0.15) is 0 Å². The number of amides is 2. The summed E-state index contributed by atoms with van der Waals surface area (Å²) >= 11 is 0. The number of carbonyl (C=O) groups is 3. The monoisotopic (exact) mass is 302 g/mol. The average molecular weight is 302 g/mol. The number of aryl methyl sites for hydroxylation is 1. The number of carboxylic acids is 1. The van der Waals surface area contributed by atoms with E-state index in [2.05, 4.69) is 5.32 Å². The fourth-order valence-corrected chi connectivity index (χ4v) is 2.73. The van der Waals surface area contributed by atoms with Crippen LogP contribution in [-0.4, -0.2) is 40.4 Å². The van der Waals surface area contributed by atoms with Crippen LogP contribution in [0.25, 0.3) is 0 Å². The van der Waals surface area contributed by atoms with Crippen LogP contribution in [0.4, 0.5) is 5.69 Å². The lowest BCUT2D eigenvalue weighted by Crippen LogP contribution is -2.35. The van der Waals surface area contributed by atoms with E-state index in [0.29, 0.717) is 18.4 Å². The molecule has 3 rings (SSSR count). The number of benzene rings is 1. The summed E-state index contributed by atoms with van der Waals surface area (Å²) in [5.41, 5.74) is 2.28. The van der Waals surface area contributed by atoms with E-state index in [9.17, 15) is 14.4 Å². The van der Waals surface area contributed by atoms with Crippen LogP contribution in [0.5, 0.6) is 0 Å². The molecule has 1 aromatic rings. The Hall–Kier alpha value is -2.37. The summed E-state index contributed by atoms with van der Waals surface area (Å²) in [5.74, 6) is -1.03. The molecule has 0 radical (unpaired) electrons. The van der Waals surface area contributed by atoms with E-state index in [1.165, 1.54) is 0 Å². The summed E-state index contributed by atoms with van der Waals surface area (Å²) in [6, 6.07) is 5.43. The summed E-state index contributed by atoms with van der Waals surface area (Å²) in [6.45, 7) is 0.243. The molecule has 2 amide bonds. The first-order valence-corrected chi connectivity index (χ1v) is 7.50. The van der Waals surface area contributed by atoms with Crippen molar-refractivity contribution in [2.24, 2.45) is 0 Å². The van der Waals surface area contributed by atoms with E-state index in [1.807, 2.05) is 6.07 Å². The van der Waals surface area contributed by atoms with Crippen molar-refractivity contribution < 1.29 is 19.5 Å². The van der Waals surface area contributed by atoms with Gasteiger partial charge in [-0.15, -0.1) is 0 Å². The number of carbonyl (C=O) groups excluding carboxylic acids is 2. The van der Waals surface area contributed by atoms with Gasteiger partial charge in [0.25, 0.3) is 5.91 Å². The molecule has 1 aliphatic carbocycles. The van der Waals surface area contributed by atoms with Crippen LogP contribution < -0.4 is 5.32 Å². The Balaban J connectivity index is 1.78. The minimum Gasteiger partial charge on any atom is -0.481 e. The van der Waals surface area contributed by atoms with Crippen molar-refractivity contribution in [1.82, 2.24) is 4.90 Å². The number of fused-ring (bicyclic) bond motifs is 1. The fourth-order valence-electron chi connectivity index (χ4n) is 2.73. The largest absolute Gasteiger partial charge is 0.481 e. The van der Waals surface area contributed by atoms with Gasteiger partial charge in [0.2, 0.25) is 5.91 Å². The van der Waals surface area contributed by atoms with Crippen molar-refractivity contribution >= 4 is 23.5 Å². The molecular weight excluding hydrogens is 284 g/mol. The van der Waals surface area contributed by atoms with Crippen LogP contribution in [0, 0.1) is 0 Å². The highest BCUT2D eigenvalue weighted by molar-refractivity contribution is 5.98. The molecule has 6 heteroatoms. The zero-order valence-electron chi connectivity index (χ0n) is 12.2. The Labute approximate surface area is 128 Å². The van der Waals surface area contributed by atoms with Crippen molar-refractivity contribution in [2.45, 2.75) is 38.1 Å². The predicted octanol–water partition coefficient (Wildman–Crippen LogP) is 1.65. The molecule has 2 N–H and O–H groups in total. The Morgan fingerprint density at radius 2 is 2.05 bits per heavy atom. The fraction of sp³-hybridized carbons (Fsp3) is 0.438. The second-order valence-electron chi connectivity index (χ2n) is 5.79. The van der Waals surface area contributed by atoms with E-state index < -0.39 is 5.97 Å². The molecule has 0 atom stereocenters. The zero-order chi connectivity index (χ0) is 15.7. The number of nitrogens with one attached hydrogen (secondary N) is 1. The highest BCUT2D eigenvalue weighted by Crippen LogP contribution is 2.30. The lowest BCUT2D eigenvalue weighted by Gasteiger charge is -2.23. The number of anilines is 1. The number of rotatable bonds is 5. The molecule has 0 aromatic heterocycles. The van der Waals surface area contributed by atoms with Crippen LogP contribution in [0.3, 0.4) is 0 Å². The number of hydrogen-bond donors (Lipinski definition) is 2. The summed E-state index contributed by atoms with van der Waals surface area (Å²) in [7, 11) is 0. The van der Waals surface area contributed by atoms with Crippen LogP contribution in [0.15, 0.2) is 18.2 Å². The standard InChI is InChI=1S/C16H18N2O4/c19-14-6-2-10-9-11(1-5-13(10)17-14)16(22)18(12-3-4-12)8-7-15(20)21/h1,5,9,12H,2-4,6-8H2,(H,17,19)(H,20,21). The smallest absolute Gasteiger partial charge is 0.305 e. The third kappa shape index (κ3) is 3.10. The summed E-state index contributed by atoms with van der Waals surface area (Å²) in [4.78, 5) is 36.4. The molecule has 22 heavy (non-hydrogen) atoms. The van der Waals surface area contributed by atoms with Crippen molar-refractivity contribution in [3.63, 3.8) is 0 Å². The first kappa shape index (κ1) is 14.6. The minimum atomic E-state index is -0.897. The van der Waals surface area contributed by atoms with Gasteiger partial charge in [0.05, 0.1) is 6.42 Å². The highest BCUT2D eigenvalue weighted by Gasteiger charge is 2.33. The van der Waals surface area contributed by atoms with Crippen LogP contribution in [0.1, 0.15) is 41.6 Å². The molecule has 1 fully saturated rings. The average Bonchev–Trinajstić information content (AvgIpc) is 3.31. The normalized spacial score (nSPS) is 16.6. The van der Waals surface area contributed by atoms with Gasteiger partial charge in [0, 0.05) is 30.3 Å². The van der Waals surface area contributed by atoms with Gasteiger partial charge in [0.15, 0.2) is 0 Å². The summed E-state index contributed by atoms with van der Waals surface area (Å²) in [6.07, 6.45) is 2.89. The second kappa shape index (κ2) is 5.79. The van der Waals surface area contributed by atoms with Crippen molar-refractivity contribution in [3.05, 3.63) is 29.3 Å². The molecule has 1 heterocycles. The van der Waals surface area contributed by atoms with Gasteiger partial charge in [-0.2, -0.15) is 0 Å². The summed E-state index contributed by atoms with van der Waals surface area (Å²) < 4.78 is 0. The third-order valence-electron chi connectivity index (χ3n) is 4.06. The summed E-state index contributed by atoms with van der Waals surface area (Å²) in [5, 5.41) is 11.6. The van der Waals surface area contributed by atoms with Gasteiger partial charge in [-0.25, -0.2) is 0 Å². The van der Waals surface area contributed by atoms with E-state index >= 15 is 0 Å². The van der Waals surface area contributed by atoms with E-state index in [1.54, 1.807) is 17.0 Å².